The average Bonchev–Trinajstić information content (AvgIpc) is 3.49. The third-order valence-corrected chi connectivity index (χ3v) is 7.74. The van der Waals surface area contributed by atoms with Gasteiger partial charge in [-0.15, -0.1) is 23.1 Å². The Labute approximate surface area is 215 Å². The summed E-state index contributed by atoms with van der Waals surface area (Å²) in [5.41, 5.74) is 2.43. The van der Waals surface area contributed by atoms with E-state index in [2.05, 4.69) is 36.2 Å². The van der Waals surface area contributed by atoms with Crippen molar-refractivity contribution in [3.63, 3.8) is 0 Å². The van der Waals surface area contributed by atoms with Gasteiger partial charge < -0.3 is 9.15 Å². The molecule has 8 nitrogen and oxygen atoms in total. The van der Waals surface area contributed by atoms with Crippen LogP contribution >= 0.6 is 23.1 Å². The number of hydroxylamine groups is 1. The number of thioether (sulfide) groups is 1. The first kappa shape index (κ1) is 27.8. The van der Waals surface area contributed by atoms with Gasteiger partial charge in [0.05, 0.1) is 28.8 Å². The zero-order valence-corrected chi connectivity index (χ0v) is 22.6. The molecule has 3 rings (SSSR count). The number of nitrogens with one attached hydrogen (secondary N) is 1. The van der Waals surface area contributed by atoms with Gasteiger partial charge in [-0.05, 0) is 25.7 Å². The lowest BCUT2D eigenvalue weighted by Crippen LogP contribution is -2.32. The van der Waals surface area contributed by atoms with Crippen LogP contribution in [0.15, 0.2) is 21.0 Å². The Balaban J connectivity index is 1.23. The van der Waals surface area contributed by atoms with Crippen LogP contribution in [0.2, 0.25) is 0 Å². The number of hydrogen-bond donors (Lipinski definition) is 1. The first-order valence-electron chi connectivity index (χ1n) is 12.4. The number of rotatable bonds is 14. The Kier molecular flexibility index (Phi) is 11.2. The van der Waals surface area contributed by atoms with Crippen molar-refractivity contribution in [3.05, 3.63) is 29.1 Å². The molecule has 0 spiro atoms. The third-order valence-electron chi connectivity index (χ3n) is 5.56. The second-order valence-electron chi connectivity index (χ2n) is 9.80. The number of ether oxygens (including phenoxy) is 1. The van der Waals surface area contributed by atoms with Gasteiger partial charge in [-0.25, -0.2) is 20.3 Å². The Bertz CT molecular complexity index is 932. The molecule has 2 aromatic heterocycles. The van der Waals surface area contributed by atoms with Crippen LogP contribution in [0.1, 0.15) is 95.2 Å². The molecule has 1 atom stereocenters. The molecule has 3 heterocycles. The van der Waals surface area contributed by atoms with E-state index in [1.807, 2.05) is 6.20 Å². The molecule has 0 aliphatic carbocycles. The first-order chi connectivity index (χ1) is 16.8. The SMILES string of the molecule is CC(C)(C)c1cnc(CSc2cnc(CC(=O)CCCCCCC(=O)NOC3CCCCO3)s2)o1. The molecule has 194 valence electrons. The van der Waals surface area contributed by atoms with Gasteiger partial charge >= 0.3 is 0 Å². The van der Waals surface area contributed by atoms with Crippen molar-refractivity contribution < 1.29 is 23.6 Å². The van der Waals surface area contributed by atoms with Gasteiger partial charge in [0.2, 0.25) is 11.8 Å². The van der Waals surface area contributed by atoms with Crippen molar-refractivity contribution in [1.29, 1.82) is 0 Å². The summed E-state index contributed by atoms with van der Waals surface area (Å²) in [5.74, 6) is 2.31. The number of hydrogen-bond acceptors (Lipinski definition) is 9. The molecule has 1 aliphatic heterocycles. The van der Waals surface area contributed by atoms with Crippen molar-refractivity contribution in [2.45, 2.75) is 107 Å². The predicted octanol–water partition coefficient (Wildman–Crippen LogP) is 5.75. The molecule has 0 saturated carbocycles. The molecule has 1 amide bonds. The summed E-state index contributed by atoms with van der Waals surface area (Å²) >= 11 is 3.18. The molecule has 1 fully saturated rings. The van der Waals surface area contributed by atoms with Gasteiger partial charge in [0.1, 0.15) is 16.6 Å². The maximum absolute atomic E-state index is 12.3. The van der Waals surface area contributed by atoms with E-state index >= 15 is 0 Å². The normalized spacial score (nSPS) is 16.4. The standard InChI is InChI=1S/C25H37N3O5S2/c1-25(2,3)19-15-26-21(32-19)17-34-24-16-27-22(35-24)14-18(29)10-6-4-5-7-11-20(30)28-33-23-12-8-9-13-31-23/h15-16,23H,4-14,17H2,1-3H3,(H,28,30). The summed E-state index contributed by atoms with van der Waals surface area (Å²) in [7, 11) is 0. The molecule has 1 saturated heterocycles. The fourth-order valence-electron chi connectivity index (χ4n) is 3.50. The number of carbonyl (C=O) groups excluding carboxylic acids is 2. The Morgan fingerprint density at radius 1 is 1.14 bits per heavy atom. The van der Waals surface area contributed by atoms with Crippen LogP contribution in [0.4, 0.5) is 0 Å². The summed E-state index contributed by atoms with van der Waals surface area (Å²) in [4.78, 5) is 38.2. The number of nitrogens with zero attached hydrogens (tertiary/aromatic N) is 2. The number of aromatic nitrogens is 2. The van der Waals surface area contributed by atoms with E-state index in [1.165, 1.54) is 0 Å². The highest BCUT2D eigenvalue weighted by atomic mass is 32.2. The lowest BCUT2D eigenvalue weighted by molar-refractivity contribution is -0.200. The molecule has 2 aromatic rings. The lowest BCUT2D eigenvalue weighted by atomic mass is 9.94. The van der Waals surface area contributed by atoms with Gasteiger partial charge in [0, 0.05) is 31.3 Å². The Hall–Kier alpha value is -1.75. The van der Waals surface area contributed by atoms with E-state index in [0.717, 1.165) is 59.9 Å². The molecular formula is C25H37N3O5S2. The summed E-state index contributed by atoms with van der Waals surface area (Å²) in [5, 5.41) is 0.846. The minimum absolute atomic E-state index is 0.0541. The fourth-order valence-corrected chi connectivity index (χ4v) is 5.41. The maximum Gasteiger partial charge on any atom is 0.243 e. The van der Waals surface area contributed by atoms with Crippen LogP contribution in [0.3, 0.4) is 0 Å². The second kappa shape index (κ2) is 14.1. The molecule has 0 bridgehead atoms. The first-order valence-corrected chi connectivity index (χ1v) is 14.2. The lowest BCUT2D eigenvalue weighted by Gasteiger charge is -2.22. The average molecular weight is 524 g/mol. The predicted molar refractivity (Wildman–Crippen MR) is 136 cm³/mol. The van der Waals surface area contributed by atoms with Gasteiger partial charge in [-0.1, -0.05) is 33.6 Å². The maximum atomic E-state index is 12.3. The highest BCUT2D eigenvalue weighted by molar-refractivity contribution is 8.00. The van der Waals surface area contributed by atoms with E-state index in [9.17, 15) is 9.59 Å². The van der Waals surface area contributed by atoms with E-state index in [4.69, 9.17) is 14.0 Å². The van der Waals surface area contributed by atoms with Crippen molar-refractivity contribution in [1.82, 2.24) is 15.4 Å². The quantitative estimate of drug-likeness (QED) is 0.190. The zero-order valence-electron chi connectivity index (χ0n) is 21.0. The summed E-state index contributed by atoms with van der Waals surface area (Å²) < 4.78 is 12.3. The minimum atomic E-state index is -0.319. The zero-order chi connectivity index (χ0) is 25.1. The number of oxazole rings is 1. The Morgan fingerprint density at radius 2 is 1.94 bits per heavy atom. The minimum Gasteiger partial charge on any atom is -0.444 e. The summed E-state index contributed by atoms with van der Waals surface area (Å²) in [6.07, 6.45) is 11.0. The van der Waals surface area contributed by atoms with E-state index in [0.29, 0.717) is 37.5 Å². The summed E-state index contributed by atoms with van der Waals surface area (Å²) in [6.45, 7) is 6.98. The second-order valence-corrected chi connectivity index (χ2v) is 12.2. The highest BCUT2D eigenvalue weighted by Crippen LogP contribution is 2.30. The van der Waals surface area contributed by atoms with Crippen LogP contribution in [0, 0.1) is 0 Å². The van der Waals surface area contributed by atoms with Gasteiger partial charge in [-0.2, -0.15) is 0 Å². The van der Waals surface area contributed by atoms with Crippen molar-refractivity contribution in [3.8, 4) is 0 Å². The molecule has 0 aromatic carbocycles. The van der Waals surface area contributed by atoms with Gasteiger partial charge in [0.15, 0.2) is 6.29 Å². The number of carbonyl (C=O) groups is 2. The van der Waals surface area contributed by atoms with Crippen molar-refractivity contribution in [2.24, 2.45) is 0 Å². The third kappa shape index (κ3) is 10.4. The smallest absolute Gasteiger partial charge is 0.243 e. The van der Waals surface area contributed by atoms with Crippen molar-refractivity contribution in [2.75, 3.05) is 6.61 Å². The van der Waals surface area contributed by atoms with Crippen LogP contribution < -0.4 is 5.48 Å². The molecular weight excluding hydrogens is 486 g/mol. The molecule has 1 unspecified atom stereocenters. The van der Waals surface area contributed by atoms with Crippen molar-refractivity contribution >= 4 is 34.8 Å². The number of ketones is 1. The number of unbranched alkanes of at least 4 members (excludes halogenated alkanes) is 3. The van der Waals surface area contributed by atoms with Gasteiger partial charge in [-0.3, -0.25) is 9.59 Å². The number of thiazole rings is 1. The topological polar surface area (TPSA) is 104 Å². The van der Waals surface area contributed by atoms with E-state index in [1.54, 1.807) is 29.3 Å². The van der Waals surface area contributed by atoms with Crippen LogP contribution in [0.5, 0.6) is 0 Å². The molecule has 0 radical (unpaired) electrons. The highest BCUT2D eigenvalue weighted by Gasteiger charge is 2.19. The van der Waals surface area contributed by atoms with Crippen LogP contribution in [-0.2, 0) is 36.8 Å². The monoisotopic (exact) mass is 523 g/mol. The Morgan fingerprint density at radius 3 is 2.66 bits per heavy atom. The fraction of sp³-hybridized carbons (Fsp3) is 0.680. The van der Waals surface area contributed by atoms with Gasteiger partial charge in [0.25, 0.3) is 0 Å². The van der Waals surface area contributed by atoms with Crippen LogP contribution in [-0.4, -0.2) is 34.6 Å². The number of amides is 1. The largest absolute Gasteiger partial charge is 0.444 e. The molecule has 10 heteroatoms. The molecule has 1 N–H and O–H groups in total. The van der Waals surface area contributed by atoms with E-state index in [-0.39, 0.29) is 23.4 Å². The van der Waals surface area contributed by atoms with Crippen LogP contribution in [0.25, 0.3) is 0 Å². The molecule has 1 aliphatic rings. The summed E-state index contributed by atoms with van der Waals surface area (Å²) in [6, 6.07) is 0. The molecule has 35 heavy (non-hydrogen) atoms. The van der Waals surface area contributed by atoms with E-state index < -0.39 is 0 Å². The number of Topliss-reactive ketones (excluding diaryl/α,β-unsaturated/α-hetero) is 1.